The van der Waals surface area contributed by atoms with Crippen molar-refractivity contribution in [3.8, 4) is 0 Å². The summed E-state index contributed by atoms with van der Waals surface area (Å²) < 4.78 is 4.39. The standard InChI is InChI=1S/C5H10ClNO2/c1-4(7-6)3-5(8)9-2/h4,7H,3H2,1-2H3. The van der Waals surface area contributed by atoms with Gasteiger partial charge in [-0.25, -0.2) is 4.84 Å². The molecule has 0 saturated heterocycles. The summed E-state index contributed by atoms with van der Waals surface area (Å²) >= 11 is 5.20. The fourth-order valence-corrected chi connectivity index (χ4v) is 0.449. The van der Waals surface area contributed by atoms with Gasteiger partial charge in [0.15, 0.2) is 0 Å². The third-order valence-electron chi connectivity index (χ3n) is 0.887. The number of carbonyl (C=O) groups excluding carboxylic acids is 1. The lowest BCUT2D eigenvalue weighted by Crippen LogP contribution is -2.20. The van der Waals surface area contributed by atoms with Crippen LogP contribution in [0.1, 0.15) is 13.3 Å². The number of carbonyl (C=O) groups is 1. The van der Waals surface area contributed by atoms with Gasteiger partial charge in [-0.15, -0.1) is 0 Å². The molecule has 0 fully saturated rings. The number of hydrogen-bond donors (Lipinski definition) is 1. The molecule has 0 aromatic heterocycles. The molecule has 1 unspecified atom stereocenters. The molecule has 0 aromatic carbocycles. The predicted molar refractivity (Wildman–Crippen MR) is 35.1 cm³/mol. The molecule has 54 valence electrons. The van der Waals surface area contributed by atoms with Crippen molar-refractivity contribution in [2.45, 2.75) is 19.4 Å². The van der Waals surface area contributed by atoms with E-state index < -0.39 is 0 Å². The Kier molecular flexibility index (Phi) is 4.44. The van der Waals surface area contributed by atoms with E-state index in [0.717, 1.165) is 0 Å². The Labute approximate surface area is 59.4 Å². The Hall–Kier alpha value is -0.280. The molecule has 0 bridgehead atoms. The molecule has 0 aliphatic carbocycles. The molecule has 0 aromatic rings. The maximum atomic E-state index is 10.5. The fraction of sp³-hybridized carbons (Fsp3) is 0.800. The van der Waals surface area contributed by atoms with Crippen molar-refractivity contribution in [1.29, 1.82) is 0 Å². The number of hydrogen-bond acceptors (Lipinski definition) is 3. The highest BCUT2D eigenvalue weighted by atomic mass is 35.5. The molecule has 0 heterocycles. The first-order valence-corrected chi connectivity index (χ1v) is 3.01. The molecule has 0 saturated carbocycles. The van der Waals surface area contributed by atoms with Gasteiger partial charge in [0, 0.05) is 6.04 Å². The smallest absolute Gasteiger partial charge is 0.307 e. The first-order valence-electron chi connectivity index (χ1n) is 2.63. The van der Waals surface area contributed by atoms with Crippen LogP contribution >= 0.6 is 11.8 Å². The van der Waals surface area contributed by atoms with Gasteiger partial charge in [0.2, 0.25) is 0 Å². The Balaban J connectivity index is 3.34. The molecule has 3 nitrogen and oxygen atoms in total. The fourth-order valence-electron chi connectivity index (χ4n) is 0.372. The van der Waals surface area contributed by atoms with Gasteiger partial charge >= 0.3 is 5.97 Å². The summed E-state index contributed by atoms with van der Waals surface area (Å²) in [4.78, 5) is 12.9. The van der Waals surface area contributed by atoms with Gasteiger partial charge in [-0.05, 0) is 18.7 Å². The number of rotatable bonds is 3. The third-order valence-corrected chi connectivity index (χ3v) is 1.26. The molecule has 0 amide bonds. The lowest BCUT2D eigenvalue weighted by atomic mass is 10.3. The number of nitrogens with one attached hydrogen (secondary N) is 1. The van der Waals surface area contributed by atoms with Crippen molar-refractivity contribution in [2.24, 2.45) is 0 Å². The summed E-state index contributed by atoms with van der Waals surface area (Å²) in [5, 5.41) is 0. The molecule has 9 heavy (non-hydrogen) atoms. The number of methoxy groups -OCH3 is 1. The van der Waals surface area contributed by atoms with E-state index in [2.05, 4.69) is 9.57 Å². The maximum Gasteiger partial charge on any atom is 0.307 e. The minimum Gasteiger partial charge on any atom is -0.469 e. The zero-order valence-electron chi connectivity index (χ0n) is 5.48. The van der Waals surface area contributed by atoms with E-state index in [4.69, 9.17) is 11.8 Å². The van der Waals surface area contributed by atoms with Gasteiger partial charge in [-0.3, -0.25) is 4.79 Å². The van der Waals surface area contributed by atoms with Crippen LogP contribution in [-0.4, -0.2) is 19.1 Å². The summed E-state index contributed by atoms with van der Waals surface area (Å²) in [7, 11) is 1.35. The first-order chi connectivity index (χ1) is 4.20. The first kappa shape index (κ1) is 8.72. The summed E-state index contributed by atoms with van der Waals surface area (Å²) in [5.74, 6) is -0.254. The Bertz CT molecular complexity index is 97.0. The summed E-state index contributed by atoms with van der Waals surface area (Å²) in [6, 6.07) is -0.0286. The average Bonchev–Trinajstić information content (AvgIpc) is 1.87. The largest absolute Gasteiger partial charge is 0.469 e. The average molecular weight is 152 g/mol. The van der Waals surface area contributed by atoms with E-state index in [1.54, 1.807) is 6.92 Å². The van der Waals surface area contributed by atoms with E-state index in [1.807, 2.05) is 0 Å². The summed E-state index contributed by atoms with van der Waals surface area (Å²) in [6.07, 6.45) is 0.306. The zero-order valence-corrected chi connectivity index (χ0v) is 6.23. The van der Waals surface area contributed by atoms with Crippen molar-refractivity contribution >= 4 is 17.7 Å². The molecule has 1 N–H and O–H groups in total. The minimum atomic E-state index is -0.254. The topological polar surface area (TPSA) is 38.3 Å². The van der Waals surface area contributed by atoms with Gasteiger partial charge in [0.1, 0.15) is 0 Å². The van der Waals surface area contributed by atoms with Crippen molar-refractivity contribution in [2.75, 3.05) is 7.11 Å². The predicted octanol–water partition coefficient (Wildman–Crippen LogP) is 0.681. The zero-order chi connectivity index (χ0) is 7.28. The highest BCUT2D eigenvalue weighted by Gasteiger charge is 2.05. The van der Waals surface area contributed by atoms with Gasteiger partial charge in [0.05, 0.1) is 13.5 Å². The Morgan fingerprint density at radius 1 is 1.89 bits per heavy atom. The molecule has 0 spiro atoms. The molecular formula is C5H10ClNO2. The number of halogens is 1. The van der Waals surface area contributed by atoms with Crippen molar-refractivity contribution in [3.63, 3.8) is 0 Å². The number of ether oxygens (including phenoxy) is 1. The highest BCUT2D eigenvalue weighted by Crippen LogP contribution is 1.92. The molecule has 1 atom stereocenters. The SMILES string of the molecule is COC(=O)CC(C)NCl. The third kappa shape index (κ3) is 4.24. The highest BCUT2D eigenvalue weighted by molar-refractivity contribution is 6.13. The van der Waals surface area contributed by atoms with E-state index >= 15 is 0 Å². The normalized spacial score (nSPS) is 12.8. The van der Waals surface area contributed by atoms with Crippen LogP contribution < -0.4 is 4.84 Å². The van der Waals surface area contributed by atoms with Crippen LogP contribution in [0, 0.1) is 0 Å². The van der Waals surface area contributed by atoms with E-state index in [-0.39, 0.29) is 12.0 Å². The van der Waals surface area contributed by atoms with Crippen molar-refractivity contribution in [3.05, 3.63) is 0 Å². The van der Waals surface area contributed by atoms with E-state index in [0.29, 0.717) is 6.42 Å². The van der Waals surface area contributed by atoms with Crippen LogP contribution in [0.4, 0.5) is 0 Å². The van der Waals surface area contributed by atoms with Crippen molar-refractivity contribution < 1.29 is 9.53 Å². The van der Waals surface area contributed by atoms with Crippen LogP contribution in [0.3, 0.4) is 0 Å². The van der Waals surface area contributed by atoms with Crippen LogP contribution in [0.2, 0.25) is 0 Å². The lowest BCUT2D eigenvalue weighted by molar-refractivity contribution is -0.140. The van der Waals surface area contributed by atoms with Gasteiger partial charge in [-0.2, -0.15) is 0 Å². The van der Waals surface area contributed by atoms with Crippen molar-refractivity contribution in [1.82, 2.24) is 4.84 Å². The minimum absolute atomic E-state index is 0.0286. The van der Waals surface area contributed by atoms with Gasteiger partial charge < -0.3 is 4.74 Å². The summed E-state index contributed by atoms with van der Waals surface area (Å²) in [6.45, 7) is 1.80. The van der Waals surface area contributed by atoms with Gasteiger partial charge in [-0.1, -0.05) is 0 Å². The van der Waals surface area contributed by atoms with Crippen LogP contribution in [0.15, 0.2) is 0 Å². The molecule has 4 heteroatoms. The van der Waals surface area contributed by atoms with E-state index in [9.17, 15) is 4.79 Å². The molecular weight excluding hydrogens is 142 g/mol. The molecule has 0 rings (SSSR count). The second-order valence-electron chi connectivity index (χ2n) is 1.79. The maximum absolute atomic E-state index is 10.5. The van der Waals surface area contributed by atoms with E-state index in [1.165, 1.54) is 7.11 Å². The van der Waals surface area contributed by atoms with Crippen LogP contribution in [0.5, 0.6) is 0 Å². The quantitative estimate of drug-likeness (QED) is 0.476. The molecule has 0 aliphatic rings. The Morgan fingerprint density at radius 2 is 2.44 bits per heavy atom. The Morgan fingerprint density at radius 3 is 2.78 bits per heavy atom. The van der Waals surface area contributed by atoms with Crippen LogP contribution in [-0.2, 0) is 9.53 Å². The molecule has 0 radical (unpaired) electrons. The second kappa shape index (κ2) is 4.58. The second-order valence-corrected chi connectivity index (χ2v) is 2.01. The van der Waals surface area contributed by atoms with Gasteiger partial charge in [0.25, 0.3) is 0 Å². The summed E-state index contributed by atoms with van der Waals surface area (Å²) in [5.41, 5.74) is 0. The number of esters is 1. The lowest BCUT2D eigenvalue weighted by Gasteiger charge is -2.04. The molecule has 0 aliphatic heterocycles. The van der Waals surface area contributed by atoms with Crippen LogP contribution in [0.25, 0.3) is 0 Å². The monoisotopic (exact) mass is 151 g/mol.